The number of sulfone groups is 1. The van der Waals surface area contributed by atoms with Gasteiger partial charge in [-0.25, -0.2) is 8.42 Å². The highest BCUT2D eigenvalue weighted by atomic mass is 32.2. The first-order valence-electron chi connectivity index (χ1n) is 8.38. The Hall–Kier alpha value is -3.14. The summed E-state index contributed by atoms with van der Waals surface area (Å²) >= 11 is 0. The summed E-state index contributed by atoms with van der Waals surface area (Å²) in [5, 5.41) is 5.95. The van der Waals surface area contributed by atoms with E-state index in [9.17, 15) is 26.4 Å². The zero-order valence-corrected chi connectivity index (χ0v) is 15.8. The Bertz CT molecular complexity index is 1140. The molecule has 0 radical (unpaired) electrons. The van der Waals surface area contributed by atoms with Gasteiger partial charge in [0.2, 0.25) is 0 Å². The summed E-state index contributed by atoms with van der Waals surface area (Å²) in [6, 6.07) is 11.4. The van der Waals surface area contributed by atoms with Crippen LogP contribution in [0.25, 0.3) is 11.3 Å². The number of nitrogens with zero attached hydrogens (tertiary/aromatic N) is 1. The minimum Gasteiger partial charge on any atom is -0.355 e. The summed E-state index contributed by atoms with van der Waals surface area (Å²) in [6.07, 6.45) is -4.53. The first-order valence-corrected chi connectivity index (χ1v) is 10.0. The lowest BCUT2D eigenvalue weighted by molar-refractivity contribution is -0.137. The molecule has 0 spiro atoms. The van der Waals surface area contributed by atoms with Crippen molar-refractivity contribution in [1.82, 2.24) is 5.16 Å². The summed E-state index contributed by atoms with van der Waals surface area (Å²) in [6.45, 7) is 1.54. The number of amides is 1. The van der Waals surface area contributed by atoms with Crippen molar-refractivity contribution in [3.05, 3.63) is 65.9 Å². The average molecular weight is 424 g/mol. The quantitative estimate of drug-likeness (QED) is 0.656. The fraction of sp³-hybridized carbons (Fsp3) is 0.158. The molecule has 2 aromatic carbocycles. The van der Waals surface area contributed by atoms with E-state index in [0.717, 1.165) is 12.1 Å². The van der Waals surface area contributed by atoms with E-state index < -0.39 is 27.5 Å². The molecule has 0 unspecified atom stereocenters. The Balaban J connectivity index is 1.77. The van der Waals surface area contributed by atoms with Crippen LogP contribution in [0.3, 0.4) is 0 Å². The molecule has 0 aliphatic heterocycles. The third kappa shape index (κ3) is 4.65. The SMILES string of the molecule is CCS(=O)(=O)c1ccc(-c2cc(C(=O)Nc3cccc(C(F)(F)F)c3)no2)cc1. The highest BCUT2D eigenvalue weighted by Crippen LogP contribution is 2.31. The predicted octanol–water partition coefficient (Wildman–Crippen LogP) is 4.41. The van der Waals surface area contributed by atoms with Crippen LogP contribution in [0.5, 0.6) is 0 Å². The standard InChI is InChI=1S/C19H15F3N2O4S/c1-2-29(26,27)15-8-6-12(7-9-15)17-11-16(24-28-17)18(25)23-14-5-3-4-13(10-14)19(20,21)22/h3-11H,2H2,1H3,(H,23,25). The van der Waals surface area contributed by atoms with Crippen LogP contribution >= 0.6 is 0 Å². The second-order valence-corrected chi connectivity index (χ2v) is 8.32. The Morgan fingerprint density at radius 1 is 1.10 bits per heavy atom. The zero-order chi connectivity index (χ0) is 21.2. The van der Waals surface area contributed by atoms with Gasteiger partial charge in [0.15, 0.2) is 21.3 Å². The molecular formula is C19H15F3N2O4S. The van der Waals surface area contributed by atoms with E-state index in [-0.39, 0.29) is 27.8 Å². The summed E-state index contributed by atoms with van der Waals surface area (Å²) in [7, 11) is -3.34. The molecule has 1 amide bonds. The van der Waals surface area contributed by atoms with Crippen molar-refractivity contribution in [3.63, 3.8) is 0 Å². The second-order valence-electron chi connectivity index (χ2n) is 6.04. The van der Waals surface area contributed by atoms with Gasteiger partial charge in [0.1, 0.15) is 0 Å². The van der Waals surface area contributed by atoms with Crippen molar-refractivity contribution >= 4 is 21.4 Å². The van der Waals surface area contributed by atoms with Crippen molar-refractivity contribution in [2.24, 2.45) is 0 Å². The molecule has 0 bridgehead atoms. The highest BCUT2D eigenvalue weighted by Gasteiger charge is 2.30. The van der Waals surface area contributed by atoms with Gasteiger partial charge < -0.3 is 9.84 Å². The maximum atomic E-state index is 12.8. The molecule has 152 valence electrons. The van der Waals surface area contributed by atoms with Crippen LogP contribution < -0.4 is 5.32 Å². The molecule has 6 nitrogen and oxygen atoms in total. The molecule has 10 heteroatoms. The number of anilines is 1. The third-order valence-electron chi connectivity index (χ3n) is 4.07. The molecule has 1 N–H and O–H groups in total. The molecule has 1 heterocycles. The van der Waals surface area contributed by atoms with Crippen LogP contribution in [0.4, 0.5) is 18.9 Å². The number of nitrogens with one attached hydrogen (secondary N) is 1. The number of aromatic nitrogens is 1. The van der Waals surface area contributed by atoms with E-state index in [1.165, 1.54) is 49.4 Å². The molecule has 0 aliphatic carbocycles. The number of benzene rings is 2. The van der Waals surface area contributed by atoms with Crippen LogP contribution in [0.15, 0.2) is 64.0 Å². The maximum absolute atomic E-state index is 12.8. The van der Waals surface area contributed by atoms with Gasteiger partial charge in [0, 0.05) is 17.3 Å². The lowest BCUT2D eigenvalue weighted by Crippen LogP contribution is -2.13. The second kappa shape index (κ2) is 7.70. The first-order chi connectivity index (χ1) is 13.6. The Kier molecular flexibility index (Phi) is 5.47. The number of hydrogen-bond donors (Lipinski definition) is 1. The van der Waals surface area contributed by atoms with E-state index in [4.69, 9.17) is 4.52 Å². The van der Waals surface area contributed by atoms with E-state index in [0.29, 0.717) is 5.56 Å². The van der Waals surface area contributed by atoms with Crippen molar-refractivity contribution < 1.29 is 30.9 Å². The van der Waals surface area contributed by atoms with Crippen LogP contribution in [0.1, 0.15) is 23.0 Å². The van der Waals surface area contributed by atoms with Gasteiger partial charge in [-0.2, -0.15) is 13.2 Å². The van der Waals surface area contributed by atoms with Crippen molar-refractivity contribution in [2.75, 3.05) is 11.1 Å². The lowest BCUT2D eigenvalue weighted by Gasteiger charge is -2.08. The van der Waals surface area contributed by atoms with Gasteiger partial charge in [-0.1, -0.05) is 18.1 Å². The Morgan fingerprint density at radius 3 is 2.41 bits per heavy atom. The van der Waals surface area contributed by atoms with Gasteiger partial charge >= 0.3 is 6.18 Å². The summed E-state index contributed by atoms with van der Waals surface area (Å²) in [5.74, 6) is -0.571. The topological polar surface area (TPSA) is 89.3 Å². The van der Waals surface area contributed by atoms with E-state index in [1.807, 2.05) is 0 Å². The number of alkyl halides is 3. The summed E-state index contributed by atoms with van der Waals surface area (Å²) in [4.78, 5) is 12.4. The zero-order valence-electron chi connectivity index (χ0n) is 15.0. The lowest BCUT2D eigenvalue weighted by atomic mass is 10.1. The normalized spacial score (nSPS) is 12.0. The van der Waals surface area contributed by atoms with Gasteiger partial charge in [-0.3, -0.25) is 4.79 Å². The number of hydrogen-bond acceptors (Lipinski definition) is 5. The summed E-state index contributed by atoms with van der Waals surface area (Å²) < 4.78 is 67.1. The van der Waals surface area contributed by atoms with Crippen molar-refractivity contribution in [3.8, 4) is 11.3 Å². The highest BCUT2D eigenvalue weighted by molar-refractivity contribution is 7.91. The molecule has 0 fully saturated rings. The number of carbonyl (C=O) groups is 1. The fourth-order valence-electron chi connectivity index (χ4n) is 2.48. The maximum Gasteiger partial charge on any atom is 0.416 e. The van der Waals surface area contributed by atoms with Gasteiger partial charge in [-0.15, -0.1) is 0 Å². The molecule has 1 aromatic heterocycles. The smallest absolute Gasteiger partial charge is 0.355 e. The summed E-state index contributed by atoms with van der Waals surface area (Å²) in [5.41, 5.74) is -0.574. The van der Waals surface area contributed by atoms with E-state index in [2.05, 4.69) is 10.5 Å². The van der Waals surface area contributed by atoms with Gasteiger partial charge in [0.05, 0.1) is 16.2 Å². The van der Waals surface area contributed by atoms with E-state index >= 15 is 0 Å². The molecular weight excluding hydrogens is 409 g/mol. The molecule has 0 aliphatic rings. The minimum absolute atomic E-state index is 0.0332. The monoisotopic (exact) mass is 424 g/mol. The van der Waals surface area contributed by atoms with Crippen LogP contribution in [-0.4, -0.2) is 25.2 Å². The molecule has 29 heavy (non-hydrogen) atoms. The average Bonchev–Trinajstić information content (AvgIpc) is 3.18. The minimum atomic E-state index is -4.53. The van der Waals surface area contributed by atoms with Crippen molar-refractivity contribution in [1.29, 1.82) is 0 Å². The molecule has 0 atom stereocenters. The number of rotatable bonds is 5. The van der Waals surface area contributed by atoms with Crippen LogP contribution in [-0.2, 0) is 16.0 Å². The first kappa shape index (κ1) is 20.6. The van der Waals surface area contributed by atoms with Crippen LogP contribution in [0.2, 0.25) is 0 Å². The van der Waals surface area contributed by atoms with Crippen LogP contribution in [0, 0.1) is 0 Å². The number of halogens is 3. The fourth-order valence-corrected chi connectivity index (χ4v) is 3.36. The molecule has 0 saturated carbocycles. The Labute approximate surface area is 164 Å². The van der Waals surface area contributed by atoms with Gasteiger partial charge in [-0.05, 0) is 42.5 Å². The largest absolute Gasteiger partial charge is 0.416 e. The van der Waals surface area contributed by atoms with Crippen molar-refractivity contribution in [2.45, 2.75) is 18.0 Å². The molecule has 3 aromatic rings. The predicted molar refractivity (Wildman–Crippen MR) is 99.1 cm³/mol. The third-order valence-corrected chi connectivity index (χ3v) is 5.82. The Morgan fingerprint density at radius 2 is 1.79 bits per heavy atom. The van der Waals surface area contributed by atoms with E-state index in [1.54, 1.807) is 0 Å². The van der Waals surface area contributed by atoms with Gasteiger partial charge in [0.25, 0.3) is 5.91 Å². The molecule has 3 rings (SSSR count). The number of carbonyl (C=O) groups excluding carboxylic acids is 1. The molecule has 0 saturated heterocycles.